The Morgan fingerprint density at radius 1 is 0.600 bits per heavy atom. The van der Waals surface area contributed by atoms with E-state index >= 15 is 0 Å². The molecule has 0 aliphatic carbocycles. The number of anilines is 4. The highest BCUT2D eigenvalue weighted by atomic mass is 35.5. The van der Waals surface area contributed by atoms with Crippen molar-refractivity contribution in [1.29, 1.82) is 10.5 Å². The van der Waals surface area contributed by atoms with Gasteiger partial charge in [0.2, 0.25) is 0 Å². The molecule has 22 heteroatoms. The Morgan fingerprint density at radius 2 is 1.08 bits per heavy atom. The van der Waals surface area contributed by atoms with Crippen LogP contribution in [0.3, 0.4) is 0 Å². The van der Waals surface area contributed by atoms with Crippen molar-refractivity contribution in [3.63, 3.8) is 0 Å². The minimum atomic E-state index is -0.520. The summed E-state index contributed by atoms with van der Waals surface area (Å²) >= 11 is 25.8. The number of nitriles is 2. The van der Waals surface area contributed by atoms with Gasteiger partial charge >= 0.3 is 0 Å². The number of hydrogen-bond donors (Lipinski definition) is 2. The van der Waals surface area contributed by atoms with Crippen LogP contribution >= 0.6 is 46.4 Å². The molecular weight excluding hydrogens is 1220 g/mol. The van der Waals surface area contributed by atoms with Crippen molar-refractivity contribution in [3.8, 4) is 12.1 Å². The molecule has 4 aliphatic heterocycles. The highest BCUT2D eigenvalue weighted by Crippen LogP contribution is 2.42. The van der Waals surface area contributed by atoms with Crippen molar-refractivity contribution in [2.45, 2.75) is 134 Å². The molecule has 0 radical (unpaired) electrons. The molecule has 2 N–H and O–H groups in total. The summed E-state index contributed by atoms with van der Waals surface area (Å²) in [7, 11) is 0. The average molecular weight is 1300 g/mol. The van der Waals surface area contributed by atoms with E-state index in [9.17, 15) is 19.3 Å². The number of ether oxygens (including phenoxy) is 2. The van der Waals surface area contributed by atoms with E-state index in [1.165, 1.54) is 42.2 Å². The van der Waals surface area contributed by atoms with E-state index in [4.69, 9.17) is 66.1 Å². The molecule has 3 saturated heterocycles. The number of rotatable bonds is 14. The maximum Gasteiger partial charge on any atom is 0.141 e. The first-order valence-electron chi connectivity index (χ1n) is 30.9. The van der Waals surface area contributed by atoms with Gasteiger partial charge in [0.15, 0.2) is 0 Å². The molecular formula is C68H74Cl4F2N14O2. The maximum atomic E-state index is 13.9. The number of halogens is 6. The van der Waals surface area contributed by atoms with Crippen LogP contribution in [0.5, 0.6) is 0 Å². The van der Waals surface area contributed by atoms with E-state index in [0.29, 0.717) is 110 Å². The molecule has 90 heavy (non-hydrogen) atoms. The third kappa shape index (κ3) is 14.9. The monoisotopic (exact) mass is 1300 g/mol. The van der Waals surface area contributed by atoms with Crippen LogP contribution in [0.1, 0.15) is 144 Å². The van der Waals surface area contributed by atoms with Crippen molar-refractivity contribution in [1.82, 2.24) is 49.8 Å². The van der Waals surface area contributed by atoms with Gasteiger partial charge in [0.05, 0.1) is 90.3 Å². The predicted molar refractivity (Wildman–Crippen MR) is 352 cm³/mol. The Morgan fingerprint density at radius 3 is 1.53 bits per heavy atom. The standard InChI is InChI=1S/C34H38Cl2FN7O.C34H36Cl2FN7O/c2*1-34(2,3)43-10-6-25(7-11-43)44-20-31(41-42-44)26(22-8-12-45-13-9-22)14-21-15-27-32(40-24-4-5-30(37)28(35)17-24)23(18-38)19-39-33(27)29(36)16-21/h4-5,15-17,19-20,22,25-26H,6-14H2,1-3H3,(H,39,40);4-5,8,15-17,19-20,25-26H,6-7,9-14H2,1-3H3,(H,39,40)/t2*26-/m00/s1. The van der Waals surface area contributed by atoms with Gasteiger partial charge in [0, 0.05) is 109 Å². The number of nitrogens with zero attached hydrogens (tertiary/aromatic N) is 12. The quantitative estimate of drug-likeness (QED) is 0.0980. The van der Waals surface area contributed by atoms with E-state index in [1.807, 2.05) is 24.3 Å². The number of pyridine rings is 2. The third-order valence-electron chi connectivity index (χ3n) is 18.1. The predicted octanol–water partition coefficient (Wildman–Crippen LogP) is 16.1. The smallest absolute Gasteiger partial charge is 0.141 e. The SMILES string of the molecule is CC(C)(C)N1CCC(n2cc([C@@H](Cc3cc(Cl)c4ncc(C#N)c(Nc5ccc(F)c(Cl)c5)c4c3)C3=CCOCC3)nn2)CC1.CC(C)(C)N1CCC(n2cc([C@@H](Cc3cc(Cl)c4ncc(C#N)c(Nc5ccc(F)c(Cl)c5)c4c3)C3CCOCC3)nn2)CC1. The lowest BCUT2D eigenvalue weighted by molar-refractivity contribution is 0.0572. The minimum Gasteiger partial charge on any atom is -0.381 e. The molecule has 12 rings (SSSR count). The Bertz CT molecular complexity index is 4010. The number of hydrogen-bond acceptors (Lipinski definition) is 14. The first-order valence-corrected chi connectivity index (χ1v) is 32.4. The minimum absolute atomic E-state index is 0.0114. The first kappa shape index (κ1) is 64.7. The number of benzene rings is 4. The molecule has 3 fully saturated rings. The second-order valence-corrected chi connectivity index (χ2v) is 27.5. The Hall–Kier alpha value is -6.84. The molecule has 0 unspecified atom stereocenters. The van der Waals surface area contributed by atoms with E-state index in [2.05, 4.69) is 122 Å². The van der Waals surface area contributed by atoms with Gasteiger partial charge in [-0.3, -0.25) is 19.8 Å². The molecule has 0 spiro atoms. The molecule has 470 valence electrons. The van der Waals surface area contributed by atoms with Gasteiger partial charge in [0.25, 0.3) is 0 Å². The van der Waals surface area contributed by atoms with E-state index in [0.717, 1.165) is 107 Å². The molecule has 4 aromatic heterocycles. The fraction of sp³-hybridized carbons (Fsp3) is 0.441. The molecule has 8 aromatic rings. The molecule has 2 atom stereocenters. The highest BCUT2D eigenvalue weighted by Gasteiger charge is 2.34. The maximum absolute atomic E-state index is 13.9. The number of nitrogens with one attached hydrogen (secondary N) is 2. The van der Waals surface area contributed by atoms with E-state index < -0.39 is 11.6 Å². The summed E-state index contributed by atoms with van der Waals surface area (Å²) in [6.07, 6.45) is 17.6. The summed E-state index contributed by atoms with van der Waals surface area (Å²) < 4.78 is 43.2. The Labute approximate surface area is 544 Å². The summed E-state index contributed by atoms with van der Waals surface area (Å²) in [5, 5.41) is 47.5. The second kappa shape index (κ2) is 27.9. The van der Waals surface area contributed by atoms with Crippen LogP contribution in [-0.4, -0.2) is 113 Å². The zero-order chi connectivity index (χ0) is 63.4. The summed E-state index contributed by atoms with van der Waals surface area (Å²) in [6, 6.07) is 21.7. The van der Waals surface area contributed by atoms with Crippen LogP contribution in [0.4, 0.5) is 31.5 Å². The van der Waals surface area contributed by atoms with Crippen LogP contribution in [0.2, 0.25) is 20.1 Å². The highest BCUT2D eigenvalue weighted by molar-refractivity contribution is 6.36. The largest absolute Gasteiger partial charge is 0.381 e. The van der Waals surface area contributed by atoms with Crippen LogP contribution in [0.25, 0.3) is 21.8 Å². The third-order valence-corrected chi connectivity index (χ3v) is 19.3. The van der Waals surface area contributed by atoms with Gasteiger partial charge in [0.1, 0.15) is 23.8 Å². The molecule has 8 heterocycles. The number of aromatic nitrogens is 8. The zero-order valence-electron chi connectivity index (χ0n) is 51.5. The summed E-state index contributed by atoms with van der Waals surface area (Å²) in [4.78, 5) is 14.1. The zero-order valence-corrected chi connectivity index (χ0v) is 54.5. The molecule has 16 nitrogen and oxygen atoms in total. The van der Waals surface area contributed by atoms with Crippen LogP contribution < -0.4 is 10.6 Å². The number of piperidine rings is 2. The average Bonchev–Trinajstić information content (AvgIpc) is 1.72. The lowest BCUT2D eigenvalue weighted by atomic mass is 9.80. The lowest BCUT2D eigenvalue weighted by Gasteiger charge is -2.40. The number of fused-ring (bicyclic) bond motifs is 2. The van der Waals surface area contributed by atoms with Crippen molar-refractivity contribution in [3.05, 3.63) is 162 Å². The lowest BCUT2D eigenvalue weighted by Crippen LogP contribution is -2.46. The van der Waals surface area contributed by atoms with Crippen molar-refractivity contribution in [2.75, 3.05) is 63.2 Å². The van der Waals surface area contributed by atoms with Crippen LogP contribution in [0.15, 0.2) is 97.1 Å². The molecule has 0 bridgehead atoms. The van der Waals surface area contributed by atoms with Gasteiger partial charge in [-0.05, 0) is 177 Å². The summed E-state index contributed by atoms with van der Waals surface area (Å²) in [5.74, 6) is -0.563. The van der Waals surface area contributed by atoms with Gasteiger partial charge < -0.3 is 20.1 Å². The fourth-order valence-corrected chi connectivity index (χ4v) is 14.0. The first-order chi connectivity index (χ1) is 43.2. The van der Waals surface area contributed by atoms with Crippen molar-refractivity contribution < 1.29 is 18.3 Å². The van der Waals surface area contributed by atoms with Crippen molar-refractivity contribution in [2.24, 2.45) is 5.92 Å². The Balaban J connectivity index is 0.000000185. The molecule has 0 amide bonds. The van der Waals surface area contributed by atoms with Crippen LogP contribution in [0, 0.1) is 40.2 Å². The summed E-state index contributed by atoms with van der Waals surface area (Å²) in [6.45, 7) is 20.4. The molecule has 4 aliphatic rings. The van der Waals surface area contributed by atoms with Crippen LogP contribution in [-0.2, 0) is 22.3 Å². The van der Waals surface area contributed by atoms with E-state index in [-0.39, 0.29) is 33.0 Å². The van der Waals surface area contributed by atoms with Crippen molar-refractivity contribution >= 4 is 91.0 Å². The molecule has 4 aromatic carbocycles. The Kier molecular flexibility index (Phi) is 20.1. The summed E-state index contributed by atoms with van der Waals surface area (Å²) in [5.41, 5.74) is 9.45. The van der Waals surface area contributed by atoms with Gasteiger partial charge in [-0.25, -0.2) is 18.1 Å². The van der Waals surface area contributed by atoms with Gasteiger partial charge in [-0.15, -0.1) is 10.2 Å². The topological polar surface area (TPSA) is 184 Å². The van der Waals surface area contributed by atoms with E-state index in [1.54, 1.807) is 12.1 Å². The van der Waals surface area contributed by atoms with Gasteiger partial charge in [-0.2, -0.15) is 10.5 Å². The normalized spacial score (nSPS) is 17.5. The van der Waals surface area contributed by atoms with Gasteiger partial charge in [-0.1, -0.05) is 68.5 Å². The second-order valence-electron chi connectivity index (χ2n) is 25.9. The fourth-order valence-electron chi connectivity index (χ4n) is 13.0. The number of likely N-dealkylation sites (tertiary alicyclic amines) is 2. The molecule has 0 saturated carbocycles.